The second kappa shape index (κ2) is 8.51. The van der Waals surface area contributed by atoms with E-state index in [1.807, 2.05) is 31.2 Å². The van der Waals surface area contributed by atoms with Gasteiger partial charge >= 0.3 is 0 Å². The molecule has 0 aliphatic heterocycles. The first-order chi connectivity index (χ1) is 9.45. The van der Waals surface area contributed by atoms with E-state index in [9.17, 15) is 8.42 Å². The highest BCUT2D eigenvalue weighted by Gasteiger charge is 2.17. The molecular weight excluding hydrogens is 296 g/mol. The van der Waals surface area contributed by atoms with E-state index in [0.29, 0.717) is 31.2 Å². The maximum absolute atomic E-state index is 12.0. The lowest BCUT2D eigenvalue weighted by Gasteiger charge is -2.16. The van der Waals surface area contributed by atoms with Crippen molar-refractivity contribution in [3.05, 3.63) is 24.3 Å². The van der Waals surface area contributed by atoms with Crippen LogP contribution in [0.2, 0.25) is 0 Å². The van der Waals surface area contributed by atoms with Crippen LogP contribution in [0.15, 0.2) is 29.2 Å². The third kappa shape index (κ3) is 6.13. The lowest BCUT2D eigenvalue weighted by atomic mass is 10.3. The van der Waals surface area contributed by atoms with Crippen molar-refractivity contribution in [2.45, 2.75) is 11.8 Å². The highest BCUT2D eigenvalue weighted by molar-refractivity contribution is 8.00. The lowest BCUT2D eigenvalue weighted by Crippen LogP contribution is -2.32. The summed E-state index contributed by atoms with van der Waals surface area (Å²) in [5, 5.41) is 0. The van der Waals surface area contributed by atoms with Gasteiger partial charge in [-0.15, -0.1) is 11.8 Å². The van der Waals surface area contributed by atoms with Gasteiger partial charge in [0.25, 0.3) is 0 Å². The van der Waals surface area contributed by atoms with Crippen LogP contribution in [0.1, 0.15) is 6.92 Å². The molecule has 20 heavy (non-hydrogen) atoms. The molecule has 0 bridgehead atoms. The monoisotopic (exact) mass is 318 g/mol. The standard InChI is InChI=1S/C13H22N2O3S2/c1-3-18-9-8-15(2)20(16,17)11-10-19-13-6-4-12(14)5-7-13/h4-7H,3,8-11,14H2,1-2H3. The summed E-state index contributed by atoms with van der Waals surface area (Å²) in [5.41, 5.74) is 6.30. The first-order valence-corrected chi connectivity index (χ1v) is 9.05. The Morgan fingerprint density at radius 2 is 1.95 bits per heavy atom. The number of nitrogens with two attached hydrogens (primary N) is 1. The molecule has 0 aliphatic rings. The molecular formula is C13H22N2O3S2. The minimum atomic E-state index is -3.21. The maximum Gasteiger partial charge on any atom is 0.214 e. The number of hydrogen-bond donors (Lipinski definition) is 1. The third-order valence-corrected chi connectivity index (χ3v) is 5.84. The minimum Gasteiger partial charge on any atom is -0.399 e. The van der Waals surface area contributed by atoms with Crippen molar-refractivity contribution >= 4 is 27.5 Å². The van der Waals surface area contributed by atoms with Crippen molar-refractivity contribution in [1.29, 1.82) is 0 Å². The molecule has 0 radical (unpaired) electrons. The van der Waals surface area contributed by atoms with Crippen LogP contribution >= 0.6 is 11.8 Å². The van der Waals surface area contributed by atoms with Gasteiger partial charge < -0.3 is 10.5 Å². The average molecular weight is 318 g/mol. The summed E-state index contributed by atoms with van der Waals surface area (Å²) in [6.07, 6.45) is 0. The van der Waals surface area contributed by atoms with Crippen molar-refractivity contribution in [3.8, 4) is 0 Å². The van der Waals surface area contributed by atoms with E-state index in [4.69, 9.17) is 10.5 Å². The van der Waals surface area contributed by atoms with Crippen molar-refractivity contribution in [2.75, 3.05) is 44.0 Å². The van der Waals surface area contributed by atoms with Crippen LogP contribution in [0, 0.1) is 0 Å². The van der Waals surface area contributed by atoms with Crippen LogP contribution in [0.5, 0.6) is 0 Å². The van der Waals surface area contributed by atoms with E-state index in [1.165, 1.54) is 16.1 Å². The average Bonchev–Trinajstić information content (AvgIpc) is 2.41. The molecule has 0 heterocycles. The van der Waals surface area contributed by atoms with Crippen LogP contribution in [0.3, 0.4) is 0 Å². The molecule has 0 amide bonds. The Morgan fingerprint density at radius 3 is 2.55 bits per heavy atom. The van der Waals surface area contributed by atoms with Crippen molar-refractivity contribution < 1.29 is 13.2 Å². The number of benzene rings is 1. The topological polar surface area (TPSA) is 72.6 Å². The van der Waals surface area contributed by atoms with Gasteiger partial charge in [-0.05, 0) is 31.2 Å². The van der Waals surface area contributed by atoms with Crippen LogP contribution in [-0.2, 0) is 14.8 Å². The van der Waals surface area contributed by atoms with Crippen LogP contribution in [-0.4, -0.2) is 51.0 Å². The molecule has 1 aromatic carbocycles. The molecule has 1 aromatic rings. The van der Waals surface area contributed by atoms with Gasteiger partial charge in [-0.2, -0.15) is 0 Å². The minimum absolute atomic E-state index is 0.116. The second-order valence-electron chi connectivity index (χ2n) is 4.25. The quantitative estimate of drug-likeness (QED) is 0.426. The molecule has 0 aromatic heterocycles. The second-order valence-corrected chi connectivity index (χ2v) is 7.62. The third-order valence-electron chi connectivity index (χ3n) is 2.72. The van der Waals surface area contributed by atoms with Gasteiger partial charge in [0.2, 0.25) is 10.0 Å². The highest BCUT2D eigenvalue weighted by atomic mass is 32.2. The maximum atomic E-state index is 12.0. The molecule has 0 fully saturated rings. The van der Waals surface area contributed by atoms with Gasteiger partial charge in [0.15, 0.2) is 0 Å². The number of nitrogen functional groups attached to an aromatic ring is 1. The Bertz CT molecular complexity index is 489. The van der Waals surface area contributed by atoms with E-state index in [0.717, 1.165) is 4.90 Å². The summed E-state index contributed by atoms with van der Waals surface area (Å²) in [6, 6.07) is 7.41. The van der Waals surface area contributed by atoms with E-state index in [-0.39, 0.29) is 5.75 Å². The molecule has 0 aliphatic carbocycles. The van der Waals surface area contributed by atoms with Gasteiger partial charge in [-0.25, -0.2) is 12.7 Å². The number of sulfonamides is 1. The van der Waals surface area contributed by atoms with Gasteiger partial charge in [-0.1, -0.05) is 0 Å². The fourth-order valence-electron chi connectivity index (χ4n) is 1.46. The first-order valence-electron chi connectivity index (χ1n) is 6.46. The van der Waals surface area contributed by atoms with E-state index in [2.05, 4.69) is 0 Å². The van der Waals surface area contributed by atoms with E-state index >= 15 is 0 Å². The Hall–Kier alpha value is -0.760. The van der Waals surface area contributed by atoms with Gasteiger partial charge in [0.1, 0.15) is 0 Å². The molecule has 0 saturated heterocycles. The molecule has 5 nitrogen and oxygen atoms in total. The molecule has 7 heteroatoms. The molecule has 0 spiro atoms. The lowest BCUT2D eigenvalue weighted by molar-refractivity contribution is 0.138. The Balaban J connectivity index is 2.37. The van der Waals surface area contributed by atoms with Crippen LogP contribution in [0.25, 0.3) is 0 Å². The number of hydrogen-bond acceptors (Lipinski definition) is 5. The zero-order valence-electron chi connectivity index (χ0n) is 11.9. The first kappa shape index (κ1) is 17.3. The molecule has 2 N–H and O–H groups in total. The fraction of sp³-hybridized carbons (Fsp3) is 0.538. The van der Waals surface area contributed by atoms with Gasteiger partial charge in [0.05, 0.1) is 12.4 Å². The molecule has 0 unspecified atom stereocenters. The number of nitrogens with zero attached hydrogens (tertiary/aromatic N) is 1. The summed E-state index contributed by atoms with van der Waals surface area (Å²) in [6.45, 7) is 3.30. The van der Waals surface area contributed by atoms with Gasteiger partial charge in [-0.3, -0.25) is 0 Å². The summed E-state index contributed by atoms with van der Waals surface area (Å²) < 4.78 is 30.5. The Morgan fingerprint density at radius 1 is 1.30 bits per heavy atom. The smallest absolute Gasteiger partial charge is 0.214 e. The number of thioether (sulfide) groups is 1. The summed E-state index contributed by atoms with van der Waals surface area (Å²) in [7, 11) is -1.63. The van der Waals surface area contributed by atoms with E-state index < -0.39 is 10.0 Å². The molecule has 114 valence electrons. The number of anilines is 1. The largest absolute Gasteiger partial charge is 0.399 e. The zero-order chi connectivity index (χ0) is 15.0. The van der Waals surface area contributed by atoms with Crippen LogP contribution in [0.4, 0.5) is 5.69 Å². The number of rotatable bonds is 9. The van der Waals surface area contributed by atoms with Crippen molar-refractivity contribution in [2.24, 2.45) is 0 Å². The Labute approximate surface area is 125 Å². The summed E-state index contributed by atoms with van der Waals surface area (Å²) >= 11 is 1.51. The fourth-order valence-corrected chi connectivity index (χ4v) is 3.87. The zero-order valence-corrected chi connectivity index (χ0v) is 13.5. The SMILES string of the molecule is CCOCCN(C)S(=O)(=O)CCSc1ccc(N)cc1. The summed E-state index contributed by atoms with van der Waals surface area (Å²) in [4.78, 5) is 1.02. The number of likely N-dealkylation sites (N-methyl/N-ethyl adjacent to an activating group) is 1. The van der Waals surface area contributed by atoms with E-state index in [1.54, 1.807) is 7.05 Å². The Kier molecular flexibility index (Phi) is 7.36. The van der Waals surface area contributed by atoms with Gasteiger partial charge in [0, 0.05) is 36.5 Å². The van der Waals surface area contributed by atoms with Crippen molar-refractivity contribution in [3.63, 3.8) is 0 Å². The molecule has 0 atom stereocenters. The molecule has 1 rings (SSSR count). The predicted molar refractivity (Wildman–Crippen MR) is 84.5 cm³/mol. The highest BCUT2D eigenvalue weighted by Crippen LogP contribution is 2.19. The summed E-state index contributed by atoms with van der Waals surface area (Å²) in [5.74, 6) is 0.635. The number of ether oxygens (including phenoxy) is 1. The molecule has 0 saturated carbocycles. The van der Waals surface area contributed by atoms with Crippen molar-refractivity contribution in [1.82, 2.24) is 4.31 Å². The van der Waals surface area contributed by atoms with Crippen LogP contribution < -0.4 is 5.73 Å². The normalized spacial score (nSPS) is 11.9. The predicted octanol–water partition coefficient (Wildman–Crippen LogP) is 1.66.